The molecule has 1 heterocycles. The molecule has 0 bridgehead atoms. The Hall–Kier alpha value is -0.640. The maximum atomic E-state index is 12.1. The second-order valence-electron chi connectivity index (χ2n) is 3.98. The first-order chi connectivity index (χ1) is 8.63. The molecule has 0 saturated carbocycles. The average Bonchev–Trinajstić information content (AvgIpc) is 2.77. The fraction of sp³-hybridized carbons (Fsp3) is 0.600. The first-order valence-corrected chi connectivity index (χ1v) is 7.83. The quantitative estimate of drug-likeness (QED) is 0.864. The van der Waals surface area contributed by atoms with Crippen molar-refractivity contribution >= 4 is 21.4 Å². The zero-order chi connectivity index (χ0) is 14.7. The van der Waals surface area contributed by atoms with Gasteiger partial charge < -0.3 is 5.11 Å². The van der Waals surface area contributed by atoms with Gasteiger partial charge in [0.15, 0.2) is 6.10 Å². The normalized spacial score (nSPS) is 14.8. The topological polar surface area (TPSA) is 57.6 Å². The maximum Gasteiger partial charge on any atom is 0.415 e. The van der Waals surface area contributed by atoms with Crippen LogP contribution in [0.3, 0.4) is 0 Å². The third kappa shape index (κ3) is 5.09. The predicted molar refractivity (Wildman–Crippen MR) is 66.5 cm³/mol. The van der Waals surface area contributed by atoms with E-state index in [2.05, 4.69) is 0 Å². The molecule has 0 radical (unpaired) electrons. The molecule has 4 nitrogen and oxygen atoms in total. The molecule has 0 spiro atoms. The van der Waals surface area contributed by atoms with Crippen molar-refractivity contribution in [2.75, 3.05) is 19.3 Å². The van der Waals surface area contributed by atoms with E-state index in [-0.39, 0.29) is 12.2 Å². The van der Waals surface area contributed by atoms with Crippen molar-refractivity contribution in [3.05, 3.63) is 22.4 Å². The average molecular weight is 317 g/mol. The summed E-state index contributed by atoms with van der Waals surface area (Å²) in [6, 6.07) is 3.52. The highest BCUT2D eigenvalue weighted by Gasteiger charge is 2.40. The smallest absolute Gasteiger partial charge is 0.382 e. The fourth-order valence-electron chi connectivity index (χ4n) is 1.30. The first kappa shape index (κ1) is 16.4. The zero-order valence-corrected chi connectivity index (χ0v) is 11.7. The van der Waals surface area contributed by atoms with Gasteiger partial charge in [-0.05, 0) is 17.9 Å². The van der Waals surface area contributed by atoms with Crippen LogP contribution in [-0.2, 0) is 16.4 Å². The van der Waals surface area contributed by atoms with Gasteiger partial charge >= 0.3 is 6.18 Å². The number of hydrogen-bond acceptors (Lipinski definition) is 4. The number of halogens is 3. The molecule has 0 saturated heterocycles. The first-order valence-electron chi connectivity index (χ1n) is 5.34. The number of rotatable bonds is 6. The maximum absolute atomic E-state index is 12.1. The third-order valence-corrected chi connectivity index (χ3v) is 5.22. The second kappa shape index (κ2) is 6.21. The molecule has 19 heavy (non-hydrogen) atoms. The summed E-state index contributed by atoms with van der Waals surface area (Å²) in [6.45, 7) is -0.990. The Labute approximate surface area is 113 Å². The number of aliphatic hydroxyl groups excluding tert-OH is 1. The van der Waals surface area contributed by atoms with Crippen LogP contribution in [0.2, 0.25) is 0 Å². The minimum atomic E-state index is -4.82. The van der Waals surface area contributed by atoms with Gasteiger partial charge in [-0.2, -0.15) is 13.2 Å². The summed E-state index contributed by atoms with van der Waals surface area (Å²) in [6.07, 6.45) is -7.25. The molecule has 1 aromatic rings. The van der Waals surface area contributed by atoms with E-state index < -0.39 is 28.8 Å². The number of aliphatic hydroxyl groups is 1. The van der Waals surface area contributed by atoms with Crippen molar-refractivity contribution < 1.29 is 26.7 Å². The summed E-state index contributed by atoms with van der Waals surface area (Å²) in [5.41, 5.74) is 0. The van der Waals surface area contributed by atoms with Crippen molar-refractivity contribution in [3.63, 3.8) is 0 Å². The fourth-order valence-corrected chi connectivity index (χ4v) is 3.30. The van der Waals surface area contributed by atoms with Crippen LogP contribution in [0.15, 0.2) is 17.5 Å². The Morgan fingerprint density at radius 3 is 2.58 bits per heavy atom. The lowest BCUT2D eigenvalue weighted by molar-refractivity contribution is -0.204. The van der Waals surface area contributed by atoms with Crippen molar-refractivity contribution in [1.82, 2.24) is 4.31 Å². The molecule has 1 atom stereocenters. The van der Waals surface area contributed by atoms with Crippen LogP contribution in [0.1, 0.15) is 4.88 Å². The van der Waals surface area contributed by atoms with Gasteiger partial charge in [0.25, 0.3) is 0 Å². The number of nitrogens with zero attached hydrogens (tertiary/aromatic N) is 1. The predicted octanol–water partition coefficient (Wildman–Crippen LogP) is 1.48. The number of alkyl halides is 3. The Kier molecular flexibility index (Phi) is 5.36. The third-order valence-electron chi connectivity index (χ3n) is 2.47. The lowest BCUT2D eigenvalue weighted by Crippen LogP contribution is -2.42. The van der Waals surface area contributed by atoms with Gasteiger partial charge in [0.05, 0.1) is 5.75 Å². The van der Waals surface area contributed by atoms with Crippen LogP contribution >= 0.6 is 11.3 Å². The van der Waals surface area contributed by atoms with E-state index in [0.29, 0.717) is 4.31 Å². The molecule has 0 aliphatic rings. The lowest BCUT2D eigenvalue weighted by Gasteiger charge is -2.21. The van der Waals surface area contributed by atoms with Crippen molar-refractivity contribution in [3.8, 4) is 0 Å². The summed E-state index contributed by atoms with van der Waals surface area (Å²) >= 11 is 1.38. The minimum absolute atomic E-state index is 0.243. The summed E-state index contributed by atoms with van der Waals surface area (Å²) in [5, 5.41) is 10.6. The monoisotopic (exact) mass is 317 g/mol. The van der Waals surface area contributed by atoms with Gasteiger partial charge in [-0.15, -0.1) is 11.3 Å². The summed E-state index contributed by atoms with van der Waals surface area (Å²) in [5.74, 6) is -0.283. The van der Waals surface area contributed by atoms with Crippen LogP contribution in [-0.4, -0.2) is 49.5 Å². The van der Waals surface area contributed by atoms with Crippen molar-refractivity contribution in [2.45, 2.75) is 18.7 Å². The van der Waals surface area contributed by atoms with Crippen LogP contribution < -0.4 is 0 Å². The molecule has 9 heteroatoms. The zero-order valence-electron chi connectivity index (χ0n) is 10.1. The van der Waals surface area contributed by atoms with E-state index >= 15 is 0 Å². The van der Waals surface area contributed by atoms with E-state index in [1.165, 1.54) is 11.3 Å². The molecule has 1 unspecified atom stereocenters. The molecule has 0 aromatic carbocycles. The highest BCUT2D eigenvalue weighted by atomic mass is 32.2. The minimum Gasteiger partial charge on any atom is -0.382 e. The highest BCUT2D eigenvalue weighted by molar-refractivity contribution is 7.89. The SMILES string of the molecule is CN(CC(O)C(F)(F)F)S(=O)(=O)CCc1cccs1. The van der Waals surface area contributed by atoms with Crippen molar-refractivity contribution in [2.24, 2.45) is 0 Å². The Morgan fingerprint density at radius 2 is 2.11 bits per heavy atom. The lowest BCUT2D eigenvalue weighted by atomic mass is 10.3. The standard InChI is InChI=1S/C10H14F3NO3S2/c1-14(7-9(15)10(11,12)13)19(16,17)6-4-8-3-2-5-18-8/h2-3,5,9,15H,4,6-7H2,1H3. The largest absolute Gasteiger partial charge is 0.415 e. The molecule has 0 aliphatic carbocycles. The summed E-state index contributed by atoms with van der Waals surface area (Å²) in [7, 11) is -2.79. The summed E-state index contributed by atoms with van der Waals surface area (Å²) < 4.78 is 60.4. The number of hydrogen-bond donors (Lipinski definition) is 1. The Bertz CT molecular complexity index is 485. The van der Waals surface area contributed by atoms with Crippen LogP contribution in [0.4, 0.5) is 13.2 Å². The van der Waals surface area contributed by atoms with Gasteiger partial charge in [-0.25, -0.2) is 12.7 Å². The molecule has 1 aromatic heterocycles. The van der Waals surface area contributed by atoms with Crippen LogP contribution in [0.5, 0.6) is 0 Å². The van der Waals surface area contributed by atoms with Gasteiger partial charge in [-0.3, -0.25) is 0 Å². The molecule has 110 valence electrons. The number of sulfonamides is 1. The van der Waals surface area contributed by atoms with E-state index in [4.69, 9.17) is 5.11 Å². The van der Waals surface area contributed by atoms with Gasteiger partial charge in [0.2, 0.25) is 10.0 Å². The molecule has 0 amide bonds. The van der Waals surface area contributed by atoms with E-state index in [1.54, 1.807) is 17.5 Å². The van der Waals surface area contributed by atoms with Crippen LogP contribution in [0, 0.1) is 0 Å². The van der Waals surface area contributed by atoms with E-state index in [1.807, 2.05) is 0 Å². The molecule has 1 N–H and O–H groups in total. The van der Waals surface area contributed by atoms with Gasteiger partial charge in [-0.1, -0.05) is 6.07 Å². The number of aryl methyl sites for hydroxylation is 1. The Morgan fingerprint density at radius 1 is 1.47 bits per heavy atom. The molecular weight excluding hydrogens is 303 g/mol. The molecular formula is C10H14F3NO3S2. The van der Waals surface area contributed by atoms with E-state index in [0.717, 1.165) is 11.9 Å². The second-order valence-corrected chi connectivity index (χ2v) is 7.21. The molecule has 0 aliphatic heterocycles. The highest BCUT2D eigenvalue weighted by Crippen LogP contribution is 2.21. The number of likely N-dealkylation sites (N-methyl/N-ethyl adjacent to an activating group) is 1. The van der Waals surface area contributed by atoms with Crippen LogP contribution in [0.25, 0.3) is 0 Å². The van der Waals surface area contributed by atoms with E-state index in [9.17, 15) is 21.6 Å². The van der Waals surface area contributed by atoms with Crippen molar-refractivity contribution in [1.29, 1.82) is 0 Å². The molecule has 1 rings (SSSR count). The summed E-state index contributed by atoms with van der Waals surface area (Å²) in [4.78, 5) is 0.841. The Balaban J connectivity index is 2.57. The number of thiophene rings is 1. The van der Waals surface area contributed by atoms with Gasteiger partial charge in [0, 0.05) is 18.5 Å². The molecule has 0 fully saturated rings. The van der Waals surface area contributed by atoms with Gasteiger partial charge in [0.1, 0.15) is 0 Å².